The van der Waals surface area contributed by atoms with Crippen LogP contribution in [0.2, 0.25) is 0 Å². The Hall–Kier alpha value is -1.73. The molecule has 0 fully saturated rings. The summed E-state index contributed by atoms with van der Waals surface area (Å²) in [5, 5.41) is 21.9. The smallest absolute Gasteiger partial charge is 0.335 e. The zero-order valence-electron chi connectivity index (χ0n) is 11.2. The van der Waals surface area contributed by atoms with E-state index in [4.69, 9.17) is 9.52 Å². The van der Waals surface area contributed by atoms with Crippen molar-refractivity contribution in [3.8, 4) is 0 Å². The molecule has 2 aromatic rings. The van der Waals surface area contributed by atoms with Crippen molar-refractivity contribution in [1.29, 1.82) is 0 Å². The molecule has 1 aromatic carbocycles. The van der Waals surface area contributed by atoms with E-state index < -0.39 is 11.6 Å². The van der Waals surface area contributed by atoms with Gasteiger partial charge in [-0.3, -0.25) is 0 Å². The molecule has 0 amide bonds. The molecule has 0 spiro atoms. The number of anilines is 1. The third-order valence-corrected chi connectivity index (χ3v) is 3.62. The largest absolute Gasteiger partial charge is 0.478 e. The quantitative estimate of drug-likeness (QED) is 0.750. The molecule has 0 aliphatic rings. The van der Waals surface area contributed by atoms with Gasteiger partial charge in [-0.2, -0.15) is 16.7 Å². The Kier molecular flexibility index (Phi) is 4.20. The molecule has 1 atom stereocenters. The molecule has 1 heterocycles. The normalized spacial score (nSPS) is 14.2. The maximum absolute atomic E-state index is 10.9. The average molecular weight is 296 g/mol. The first-order valence-corrected chi connectivity index (χ1v) is 7.40. The monoisotopic (exact) mass is 296 g/mol. The summed E-state index contributed by atoms with van der Waals surface area (Å²) >= 11 is 1.55. The van der Waals surface area contributed by atoms with Crippen LogP contribution in [0.5, 0.6) is 0 Å². The van der Waals surface area contributed by atoms with Crippen LogP contribution in [-0.4, -0.2) is 45.3 Å². The maximum atomic E-state index is 10.9. The predicted molar refractivity (Wildman–Crippen MR) is 78.5 cm³/mol. The second kappa shape index (κ2) is 5.72. The zero-order valence-corrected chi connectivity index (χ0v) is 12.0. The molecule has 0 radical (unpaired) electrons. The van der Waals surface area contributed by atoms with Crippen LogP contribution in [-0.2, 0) is 0 Å². The van der Waals surface area contributed by atoms with Crippen molar-refractivity contribution >= 4 is 34.8 Å². The van der Waals surface area contributed by atoms with Crippen LogP contribution in [0, 0.1) is 0 Å². The van der Waals surface area contributed by atoms with Gasteiger partial charge in [-0.1, -0.05) is 0 Å². The van der Waals surface area contributed by atoms with Gasteiger partial charge in [0.2, 0.25) is 0 Å². The molecule has 2 rings (SSSR count). The summed E-state index contributed by atoms with van der Waals surface area (Å²) in [5.41, 5.74) is 0.250. The second-order valence-corrected chi connectivity index (χ2v) is 5.66. The Morgan fingerprint density at radius 2 is 2.30 bits per heavy atom. The molecule has 0 aliphatic carbocycles. The number of thioether (sulfide) groups is 1. The van der Waals surface area contributed by atoms with Crippen molar-refractivity contribution in [2.75, 3.05) is 23.9 Å². The number of carboxylic acid groups (broad SMARTS) is 1. The standard InChI is InChI=1S/C13H16N2O4S/c1-13(18,7-20-2)6-14-12-15-9-4-3-8(11(16)17)5-10(9)19-12/h3-5,18H,6-7H2,1-2H3,(H,14,15)(H,16,17). The number of nitrogens with zero attached hydrogens (tertiary/aromatic N) is 1. The van der Waals surface area contributed by atoms with Gasteiger partial charge in [-0.15, -0.1) is 0 Å². The minimum Gasteiger partial charge on any atom is -0.478 e. The van der Waals surface area contributed by atoms with Crippen molar-refractivity contribution < 1.29 is 19.4 Å². The lowest BCUT2D eigenvalue weighted by Gasteiger charge is -2.21. The molecule has 6 nitrogen and oxygen atoms in total. The first-order valence-electron chi connectivity index (χ1n) is 6.00. The summed E-state index contributed by atoms with van der Waals surface area (Å²) in [6.45, 7) is 2.02. The number of oxazole rings is 1. The Morgan fingerprint density at radius 3 is 2.95 bits per heavy atom. The Bertz CT molecular complexity index is 624. The van der Waals surface area contributed by atoms with Crippen LogP contribution >= 0.6 is 11.8 Å². The van der Waals surface area contributed by atoms with Gasteiger partial charge >= 0.3 is 5.97 Å². The highest BCUT2D eigenvalue weighted by molar-refractivity contribution is 7.98. The molecular weight excluding hydrogens is 280 g/mol. The van der Waals surface area contributed by atoms with Crippen LogP contribution in [0.4, 0.5) is 6.01 Å². The molecule has 7 heteroatoms. The number of benzene rings is 1. The summed E-state index contributed by atoms with van der Waals surface area (Å²) in [7, 11) is 0. The number of rotatable bonds is 6. The third-order valence-electron chi connectivity index (χ3n) is 2.71. The number of carboxylic acids is 1. The van der Waals surface area contributed by atoms with E-state index >= 15 is 0 Å². The number of aromatic carboxylic acids is 1. The molecule has 3 N–H and O–H groups in total. The SMILES string of the molecule is CSCC(C)(O)CNc1nc2ccc(C(=O)O)cc2o1. The van der Waals surface area contributed by atoms with E-state index in [-0.39, 0.29) is 11.6 Å². The summed E-state index contributed by atoms with van der Waals surface area (Å²) in [4.78, 5) is 15.1. The maximum Gasteiger partial charge on any atom is 0.335 e. The Labute approximate surface area is 120 Å². The highest BCUT2D eigenvalue weighted by Crippen LogP contribution is 2.21. The van der Waals surface area contributed by atoms with Crippen LogP contribution in [0.25, 0.3) is 11.1 Å². The first-order chi connectivity index (χ1) is 9.41. The fraction of sp³-hybridized carbons (Fsp3) is 0.385. The molecule has 20 heavy (non-hydrogen) atoms. The molecule has 0 bridgehead atoms. The van der Waals surface area contributed by atoms with Crippen molar-refractivity contribution in [2.24, 2.45) is 0 Å². The van der Waals surface area contributed by atoms with Crippen LogP contribution in [0.1, 0.15) is 17.3 Å². The lowest BCUT2D eigenvalue weighted by Crippen LogP contribution is -2.36. The van der Waals surface area contributed by atoms with Gasteiger partial charge in [0, 0.05) is 12.3 Å². The van der Waals surface area contributed by atoms with E-state index in [0.29, 0.717) is 23.4 Å². The van der Waals surface area contributed by atoms with Crippen LogP contribution < -0.4 is 5.32 Å². The number of nitrogens with one attached hydrogen (secondary N) is 1. The fourth-order valence-electron chi connectivity index (χ4n) is 1.76. The first kappa shape index (κ1) is 14.7. The summed E-state index contributed by atoms with van der Waals surface area (Å²) in [6.07, 6.45) is 1.92. The highest BCUT2D eigenvalue weighted by Gasteiger charge is 2.20. The highest BCUT2D eigenvalue weighted by atomic mass is 32.2. The lowest BCUT2D eigenvalue weighted by molar-refractivity contribution is 0.0696. The van der Waals surface area contributed by atoms with Gasteiger partial charge in [0.25, 0.3) is 6.01 Å². The van der Waals surface area contributed by atoms with E-state index in [1.165, 1.54) is 12.1 Å². The van der Waals surface area contributed by atoms with E-state index in [2.05, 4.69) is 10.3 Å². The molecule has 0 saturated carbocycles. The van der Waals surface area contributed by atoms with Gasteiger partial charge in [0.1, 0.15) is 5.52 Å². The summed E-state index contributed by atoms with van der Waals surface area (Å²) in [5.74, 6) is -0.427. The number of hydrogen-bond donors (Lipinski definition) is 3. The lowest BCUT2D eigenvalue weighted by atomic mass is 10.1. The topological polar surface area (TPSA) is 95.6 Å². The van der Waals surface area contributed by atoms with E-state index in [1.54, 1.807) is 24.8 Å². The Morgan fingerprint density at radius 1 is 1.55 bits per heavy atom. The summed E-state index contributed by atoms with van der Waals surface area (Å²) < 4.78 is 5.43. The molecule has 108 valence electrons. The summed E-state index contributed by atoms with van der Waals surface area (Å²) in [6, 6.07) is 4.76. The molecule has 1 unspecified atom stereocenters. The Balaban J connectivity index is 2.14. The van der Waals surface area contributed by atoms with E-state index in [0.717, 1.165) is 0 Å². The number of aromatic nitrogens is 1. The molecule has 1 aromatic heterocycles. The van der Waals surface area contributed by atoms with E-state index in [9.17, 15) is 9.90 Å². The van der Waals surface area contributed by atoms with Gasteiger partial charge in [-0.05, 0) is 31.4 Å². The number of aliphatic hydroxyl groups is 1. The average Bonchev–Trinajstić information content (AvgIpc) is 2.78. The second-order valence-electron chi connectivity index (χ2n) is 4.79. The van der Waals surface area contributed by atoms with Crippen molar-refractivity contribution in [3.05, 3.63) is 23.8 Å². The van der Waals surface area contributed by atoms with Crippen molar-refractivity contribution in [3.63, 3.8) is 0 Å². The van der Waals surface area contributed by atoms with Gasteiger partial charge in [-0.25, -0.2) is 4.79 Å². The minimum atomic E-state index is -1.01. The zero-order chi connectivity index (χ0) is 14.8. The molecular formula is C13H16N2O4S. The fourth-order valence-corrected chi connectivity index (χ4v) is 2.49. The van der Waals surface area contributed by atoms with Gasteiger partial charge in [0.05, 0.1) is 11.2 Å². The number of carbonyl (C=O) groups is 1. The van der Waals surface area contributed by atoms with Gasteiger partial charge in [0.15, 0.2) is 5.58 Å². The number of hydrogen-bond acceptors (Lipinski definition) is 6. The van der Waals surface area contributed by atoms with Gasteiger partial charge < -0.3 is 19.9 Å². The minimum absolute atomic E-state index is 0.148. The van der Waals surface area contributed by atoms with Crippen LogP contribution in [0.3, 0.4) is 0 Å². The third kappa shape index (κ3) is 3.43. The predicted octanol–water partition coefficient (Wildman–Crippen LogP) is 2.05. The van der Waals surface area contributed by atoms with E-state index in [1.807, 2.05) is 6.26 Å². The molecule has 0 aliphatic heterocycles. The van der Waals surface area contributed by atoms with Crippen LogP contribution in [0.15, 0.2) is 22.6 Å². The number of fused-ring (bicyclic) bond motifs is 1. The van der Waals surface area contributed by atoms with Crippen molar-refractivity contribution in [2.45, 2.75) is 12.5 Å². The molecule has 0 saturated heterocycles. The van der Waals surface area contributed by atoms with Crippen molar-refractivity contribution in [1.82, 2.24) is 4.98 Å².